The molecule has 0 radical (unpaired) electrons. The summed E-state index contributed by atoms with van der Waals surface area (Å²) in [5, 5.41) is 0. The second-order valence-corrected chi connectivity index (χ2v) is 4.97. The van der Waals surface area contributed by atoms with Gasteiger partial charge in [-0.1, -0.05) is 6.92 Å². The smallest absolute Gasteiger partial charge is 0.253 e. The van der Waals surface area contributed by atoms with E-state index < -0.39 is 0 Å². The lowest BCUT2D eigenvalue weighted by atomic mass is 9.99. The molecule has 3 amide bonds. The number of imide groups is 1. The average molecular weight is 250 g/mol. The van der Waals surface area contributed by atoms with Gasteiger partial charge in [0, 0.05) is 38.2 Å². The normalized spacial score (nSPS) is 20.9. The van der Waals surface area contributed by atoms with E-state index in [0.717, 1.165) is 30.8 Å². The highest BCUT2D eigenvalue weighted by atomic mass is 16.2. The van der Waals surface area contributed by atoms with Crippen molar-refractivity contribution in [1.29, 1.82) is 0 Å². The van der Waals surface area contributed by atoms with Gasteiger partial charge in [0.25, 0.3) is 11.8 Å². The lowest BCUT2D eigenvalue weighted by Gasteiger charge is -2.30. The second kappa shape index (κ2) is 5.33. The Labute approximate surface area is 106 Å². The zero-order chi connectivity index (χ0) is 13.1. The molecular formula is C13H18N2O3. The monoisotopic (exact) mass is 250 g/mol. The van der Waals surface area contributed by atoms with E-state index in [-0.39, 0.29) is 30.7 Å². The molecule has 5 heteroatoms. The predicted octanol–water partition coefficient (Wildman–Crippen LogP) is 0.560. The molecule has 5 nitrogen and oxygen atoms in total. The molecule has 0 aromatic rings. The van der Waals surface area contributed by atoms with Crippen LogP contribution in [0.5, 0.6) is 0 Å². The number of rotatable bonds is 3. The summed E-state index contributed by atoms with van der Waals surface area (Å²) < 4.78 is 0. The Kier molecular flexibility index (Phi) is 3.79. The molecule has 0 N–H and O–H groups in total. The molecule has 0 unspecified atom stereocenters. The van der Waals surface area contributed by atoms with E-state index in [1.165, 1.54) is 12.2 Å². The number of likely N-dealkylation sites (tertiary alicyclic amines) is 1. The Balaban J connectivity index is 1.78. The molecular weight excluding hydrogens is 232 g/mol. The van der Waals surface area contributed by atoms with Crippen molar-refractivity contribution in [2.75, 3.05) is 19.6 Å². The van der Waals surface area contributed by atoms with Crippen molar-refractivity contribution in [2.24, 2.45) is 5.92 Å². The Bertz CT molecular complexity index is 377. The van der Waals surface area contributed by atoms with Crippen LogP contribution in [0.3, 0.4) is 0 Å². The van der Waals surface area contributed by atoms with Gasteiger partial charge in [0.05, 0.1) is 0 Å². The highest BCUT2D eigenvalue weighted by Gasteiger charge is 2.25. The molecule has 18 heavy (non-hydrogen) atoms. The number of amides is 3. The quantitative estimate of drug-likeness (QED) is 0.688. The number of hydrogen-bond acceptors (Lipinski definition) is 3. The van der Waals surface area contributed by atoms with Gasteiger partial charge in [0.15, 0.2) is 0 Å². The van der Waals surface area contributed by atoms with E-state index >= 15 is 0 Å². The minimum absolute atomic E-state index is 0.0365. The van der Waals surface area contributed by atoms with Gasteiger partial charge in [-0.3, -0.25) is 19.3 Å². The Morgan fingerprint density at radius 3 is 2.33 bits per heavy atom. The number of nitrogens with zero attached hydrogens (tertiary/aromatic N) is 2. The third-order valence-electron chi connectivity index (χ3n) is 3.59. The summed E-state index contributed by atoms with van der Waals surface area (Å²) in [5.74, 6) is 0.0783. The molecule has 2 rings (SSSR count). The molecule has 2 aliphatic heterocycles. The first-order chi connectivity index (χ1) is 8.58. The zero-order valence-corrected chi connectivity index (χ0v) is 10.6. The van der Waals surface area contributed by atoms with Gasteiger partial charge in [-0.25, -0.2) is 0 Å². The Morgan fingerprint density at radius 2 is 1.78 bits per heavy atom. The lowest BCUT2D eigenvalue weighted by molar-refractivity contribution is -0.138. The summed E-state index contributed by atoms with van der Waals surface area (Å²) in [5.41, 5.74) is 0. The number of piperidine rings is 1. The maximum Gasteiger partial charge on any atom is 0.253 e. The zero-order valence-electron chi connectivity index (χ0n) is 10.6. The summed E-state index contributed by atoms with van der Waals surface area (Å²) in [6.45, 7) is 3.96. The van der Waals surface area contributed by atoms with Crippen LogP contribution in [-0.2, 0) is 14.4 Å². The fraction of sp³-hybridized carbons (Fsp3) is 0.615. The fourth-order valence-corrected chi connectivity index (χ4v) is 2.28. The van der Waals surface area contributed by atoms with Crippen LogP contribution in [0.4, 0.5) is 0 Å². The number of hydrogen-bond donors (Lipinski definition) is 0. The Morgan fingerprint density at radius 1 is 1.22 bits per heavy atom. The van der Waals surface area contributed by atoms with Crippen molar-refractivity contribution >= 4 is 17.7 Å². The summed E-state index contributed by atoms with van der Waals surface area (Å²) in [6.07, 6.45) is 4.79. The number of carbonyl (C=O) groups excluding carboxylic acids is 3. The molecule has 1 saturated heterocycles. The minimum Gasteiger partial charge on any atom is -0.343 e. The SMILES string of the molecule is CC1CCN(C(=O)CCN2C(=O)C=CC2=O)CC1. The van der Waals surface area contributed by atoms with E-state index in [1.807, 2.05) is 4.90 Å². The third kappa shape index (κ3) is 2.78. The minimum atomic E-state index is -0.319. The summed E-state index contributed by atoms with van der Waals surface area (Å²) >= 11 is 0. The van der Waals surface area contributed by atoms with E-state index in [9.17, 15) is 14.4 Å². The van der Waals surface area contributed by atoms with Crippen molar-refractivity contribution in [2.45, 2.75) is 26.2 Å². The van der Waals surface area contributed by atoms with Crippen LogP contribution in [0.2, 0.25) is 0 Å². The molecule has 2 aliphatic rings. The predicted molar refractivity (Wildman–Crippen MR) is 65.5 cm³/mol. The standard InChI is InChI=1S/C13H18N2O3/c1-10-4-7-14(8-5-10)11(16)6-9-15-12(17)2-3-13(15)18/h2-3,10H,4-9H2,1H3. The molecule has 0 spiro atoms. The van der Waals surface area contributed by atoms with Gasteiger partial charge >= 0.3 is 0 Å². The van der Waals surface area contributed by atoms with Gasteiger partial charge < -0.3 is 4.90 Å². The van der Waals surface area contributed by atoms with Gasteiger partial charge in [-0.2, -0.15) is 0 Å². The first-order valence-electron chi connectivity index (χ1n) is 6.39. The highest BCUT2D eigenvalue weighted by molar-refractivity contribution is 6.13. The van der Waals surface area contributed by atoms with Crippen LogP contribution in [0.15, 0.2) is 12.2 Å². The Hall–Kier alpha value is -1.65. The van der Waals surface area contributed by atoms with Crippen molar-refractivity contribution < 1.29 is 14.4 Å². The van der Waals surface area contributed by atoms with Gasteiger partial charge in [-0.15, -0.1) is 0 Å². The molecule has 0 saturated carbocycles. The van der Waals surface area contributed by atoms with Crippen LogP contribution in [0, 0.1) is 5.92 Å². The average Bonchev–Trinajstić information content (AvgIpc) is 2.67. The van der Waals surface area contributed by atoms with Gasteiger partial charge in [0.2, 0.25) is 5.91 Å². The lowest BCUT2D eigenvalue weighted by Crippen LogP contribution is -2.40. The summed E-state index contributed by atoms with van der Waals surface area (Å²) in [4.78, 5) is 37.5. The van der Waals surface area contributed by atoms with Crippen molar-refractivity contribution in [3.05, 3.63) is 12.2 Å². The molecule has 1 fully saturated rings. The summed E-state index contributed by atoms with van der Waals surface area (Å²) in [6, 6.07) is 0. The van der Waals surface area contributed by atoms with Crippen LogP contribution in [0.1, 0.15) is 26.2 Å². The van der Waals surface area contributed by atoms with Gasteiger partial charge in [0.1, 0.15) is 0 Å². The third-order valence-corrected chi connectivity index (χ3v) is 3.59. The molecule has 0 aliphatic carbocycles. The summed E-state index contributed by atoms with van der Waals surface area (Å²) in [7, 11) is 0. The molecule has 0 aromatic heterocycles. The topological polar surface area (TPSA) is 57.7 Å². The first-order valence-corrected chi connectivity index (χ1v) is 6.39. The van der Waals surface area contributed by atoms with Crippen molar-refractivity contribution in [3.8, 4) is 0 Å². The maximum absolute atomic E-state index is 11.9. The van der Waals surface area contributed by atoms with E-state index in [2.05, 4.69) is 6.92 Å². The molecule has 0 bridgehead atoms. The molecule has 98 valence electrons. The van der Waals surface area contributed by atoms with Crippen LogP contribution < -0.4 is 0 Å². The maximum atomic E-state index is 11.9. The van der Waals surface area contributed by atoms with Crippen molar-refractivity contribution in [3.63, 3.8) is 0 Å². The second-order valence-electron chi connectivity index (χ2n) is 4.97. The molecule has 2 heterocycles. The largest absolute Gasteiger partial charge is 0.343 e. The highest BCUT2D eigenvalue weighted by Crippen LogP contribution is 2.16. The fourth-order valence-electron chi connectivity index (χ4n) is 2.28. The van der Waals surface area contributed by atoms with E-state index in [4.69, 9.17) is 0 Å². The number of carbonyl (C=O) groups is 3. The van der Waals surface area contributed by atoms with E-state index in [1.54, 1.807) is 0 Å². The van der Waals surface area contributed by atoms with Crippen LogP contribution in [0.25, 0.3) is 0 Å². The first kappa shape index (κ1) is 12.8. The van der Waals surface area contributed by atoms with Gasteiger partial charge in [-0.05, 0) is 18.8 Å². The van der Waals surface area contributed by atoms with E-state index in [0.29, 0.717) is 5.92 Å². The molecule has 0 aromatic carbocycles. The van der Waals surface area contributed by atoms with Crippen LogP contribution >= 0.6 is 0 Å². The van der Waals surface area contributed by atoms with Crippen molar-refractivity contribution in [1.82, 2.24) is 9.80 Å². The van der Waals surface area contributed by atoms with Crippen LogP contribution in [-0.4, -0.2) is 47.2 Å². The molecule has 0 atom stereocenters.